The third-order valence-electron chi connectivity index (χ3n) is 4.29. The molecule has 0 aliphatic carbocycles. The minimum atomic E-state index is -0.215. The number of morpholine rings is 1. The Morgan fingerprint density at radius 1 is 1.22 bits per heavy atom. The fourth-order valence-electron chi connectivity index (χ4n) is 2.91. The van der Waals surface area contributed by atoms with E-state index in [1.54, 1.807) is 7.11 Å². The van der Waals surface area contributed by atoms with Crippen molar-refractivity contribution < 1.29 is 14.3 Å². The van der Waals surface area contributed by atoms with E-state index >= 15 is 0 Å². The molecule has 1 aliphatic heterocycles. The summed E-state index contributed by atoms with van der Waals surface area (Å²) in [5.41, 5.74) is 1.07. The van der Waals surface area contributed by atoms with Gasteiger partial charge in [-0.3, -0.25) is 10.1 Å². The number of para-hydroxylation sites is 1. The standard InChI is InChI=1S/C18H28N2O3/c1-13(2)17(18(21)20-9-11-23-12-10-20)19-14(3)15-7-5-6-8-16(15)22-4/h5-8,13-14,17,19H,9-12H2,1-4H3. The molecular weight excluding hydrogens is 292 g/mol. The summed E-state index contributed by atoms with van der Waals surface area (Å²) in [4.78, 5) is 14.7. The monoisotopic (exact) mass is 320 g/mol. The molecular formula is C18H28N2O3. The van der Waals surface area contributed by atoms with E-state index in [1.165, 1.54) is 0 Å². The first-order chi connectivity index (χ1) is 11.0. The average Bonchev–Trinajstić information content (AvgIpc) is 2.59. The number of benzene rings is 1. The van der Waals surface area contributed by atoms with Crippen molar-refractivity contribution in [3.8, 4) is 5.75 Å². The molecule has 1 heterocycles. The summed E-state index contributed by atoms with van der Waals surface area (Å²) >= 11 is 0. The van der Waals surface area contributed by atoms with Crippen LogP contribution in [-0.4, -0.2) is 50.3 Å². The van der Waals surface area contributed by atoms with Gasteiger partial charge in [0.15, 0.2) is 0 Å². The van der Waals surface area contributed by atoms with Gasteiger partial charge in [0, 0.05) is 24.7 Å². The van der Waals surface area contributed by atoms with Crippen molar-refractivity contribution in [2.24, 2.45) is 5.92 Å². The van der Waals surface area contributed by atoms with E-state index in [-0.39, 0.29) is 23.9 Å². The lowest BCUT2D eigenvalue weighted by Gasteiger charge is -2.34. The third kappa shape index (κ3) is 4.45. The van der Waals surface area contributed by atoms with Crippen molar-refractivity contribution in [3.63, 3.8) is 0 Å². The molecule has 0 radical (unpaired) electrons. The predicted molar refractivity (Wildman–Crippen MR) is 90.6 cm³/mol. The van der Waals surface area contributed by atoms with Gasteiger partial charge < -0.3 is 14.4 Å². The van der Waals surface area contributed by atoms with Gasteiger partial charge in [-0.2, -0.15) is 0 Å². The van der Waals surface area contributed by atoms with Gasteiger partial charge in [-0.15, -0.1) is 0 Å². The number of carbonyl (C=O) groups excluding carboxylic acids is 1. The van der Waals surface area contributed by atoms with Crippen LogP contribution in [-0.2, 0) is 9.53 Å². The highest BCUT2D eigenvalue weighted by molar-refractivity contribution is 5.82. The van der Waals surface area contributed by atoms with Crippen LogP contribution in [0.4, 0.5) is 0 Å². The second-order valence-corrected chi connectivity index (χ2v) is 6.29. The average molecular weight is 320 g/mol. The number of amides is 1. The molecule has 1 aromatic carbocycles. The quantitative estimate of drug-likeness (QED) is 0.873. The second kappa shape index (κ2) is 8.31. The molecule has 1 aliphatic rings. The number of methoxy groups -OCH3 is 1. The maximum Gasteiger partial charge on any atom is 0.240 e. The number of hydrogen-bond donors (Lipinski definition) is 1. The van der Waals surface area contributed by atoms with Gasteiger partial charge in [0.1, 0.15) is 5.75 Å². The SMILES string of the molecule is COc1ccccc1C(C)NC(C(=O)N1CCOCC1)C(C)C. The van der Waals surface area contributed by atoms with E-state index in [9.17, 15) is 4.79 Å². The maximum atomic E-state index is 12.8. The first-order valence-corrected chi connectivity index (χ1v) is 8.30. The molecule has 0 saturated carbocycles. The second-order valence-electron chi connectivity index (χ2n) is 6.29. The van der Waals surface area contributed by atoms with E-state index in [2.05, 4.69) is 26.1 Å². The van der Waals surface area contributed by atoms with Crippen LogP contribution in [0.15, 0.2) is 24.3 Å². The zero-order valence-corrected chi connectivity index (χ0v) is 14.5. The molecule has 2 rings (SSSR count). The van der Waals surface area contributed by atoms with Crippen LogP contribution in [0.1, 0.15) is 32.4 Å². The predicted octanol–water partition coefficient (Wildman–Crippen LogP) is 2.23. The molecule has 1 amide bonds. The number of rotatable bonds is 6. The molecule has 1 saturated heterocycles. The van der Waals surface area contributed by atoms with Crippen molar-refractivity contribution in [1.29, 1.82) is 0 Å². The molecule has 5 heteroatoms. The van der Waals surface area contributed by atoms with Crippen LogP contribution in [0.2, 0.25) is 0 Å². The van der Waals surface area contributed by atoms with E-state index in [4.69, 9.17) is 9.47 Å². The fraction of sp³-hybridized carbons (Fsp3) is 0.611. The van der Waals surface area contributed by atoms with Crippen molar-refractivity contribution >= 4 is 5.91 Å². The van der Waals surface area contributed by atoms with Crippen LogP contribution in [0.25, 0.3) is 0 Å². The third-order valence-corrected chi connectivity index (χ3v) is 4.29. The minimum absolute atomic E-state index is 0.0311. The zero-order valence-electron chi connectivity index (χ0n) is 14.5. The van der Waals surface area contributed by atoms with Crippen LogP contribution in [0, 0.1) is 5.92 Å². The van der Waals surface area contributed by atoms with Crippen molar-refractivity contribution in [1.82, 2.24) is 10.2 Å². The van der Waals surface area contributed by atoms with Gasteiger partial charge in [-0.05, 0) is 18.9 Å². The summed E-state index contributed by atoms with van der Waals surface area (Å²) in [6.07, 6.45) is 0. The summed E-state index contributed by atoms with van der Waals surface area (Å²) < 4.78 is 10.8. The van der Waals surface area contributed by atoms with Crippen molar-refractivity contribution in [2.75, 3.05) is 33.4 Å². The van der Waals surface area contributed by atoms with Gasteiger partial charge in [0.05, 0.1) is 26.4 Å². The Morgan fingerprint density at radius 3 is 2.48 bits per heavy atom. The summed E-state index contributed by atoms with van der Waals surface area (Å²) in [7, 11) is 1.67. The Hall–Kier alpha value is -1.59. The molecule has 2 atom stereocenters. The first kappa shape index (κ1) is 17.8. The highest BCUT2D eigenvalue weighted by Crippen LogP contribution is 2.25. The number of nitrogens with zero attached hydrogens (tertiary/aromatic N) is 1. The Kier molecular flexibility index (Phi) is 6.42. The van der Waals surface area contributed by atoms with Gasteiger partial charge in [-0.1, -0.05) is 32.0 Å². The number of hydrogen-bond acceptors (Lipinski definition) is 4. The molecule has 23 heavy (non-hydrogen) atoms. The fourth-order valence-corrected chi connectivity index (χ4v) is 2.91. The molecule has 1 fully saturated rings. The molecule has 0 aromatic heterocycles. The normalized spacial score (nSPS) is 17.9. The molecule has 5 nitrogen and oxygen atoms in total. The lowest BCUT2D eigenvalue weighted by Crippen LogP contribution is -2.52. The molecule has 1 N–H and O–H groups in total. The van der Waals surface area contributed by atoms with Gasteiger partial charge in [0.25, 0.3) is 0 Å². The van der Waals surface area contributed by atoms with Gasteiger partial charge >= 0.3 is 0 Å². The summed E-state index contributed by atoms with van der Waals surface area (Å²) in [6, 6.07) is 7.74. The number of carbonyl (C=O) groups is 1. The smallest absolute Gasteiger partial charge is 0.240 e. The Bertz CT molecular complexity index is 513. The van der Waals surface area contributed by atoms with E-state index in [0.717, 1.165) is 11.3 Å². The lowest BCUT2D eigenvalue weighted by atomic mass is 9.99. The summed E-state index contributed by atoms with van der Waals surface area (Å²) in [5, 5.41) is 3.49. The topological polar surface area (TPSA) is 50.8 Å². The largest absolute Gasteiger partial charge is 0.496 e. The first-order valence-electron chi connectivity index (χ1n) is 8.30. The summed E-state index contributed by atoms with van der Waals surface area (Å²) in [5.74, 6) is 1.21. The molecule has 2 unspecified atom stereocenters. The Balaban J connectivity index is 2.10. The molecule has 0 spiro atoms. The molecule has 1 aromatic rings. The van der Waals surface area contributed by atoms with Crippen LogP contribution < -0.4 is 10.1 Å². The molecule has 0 bridgehead atoms. The number of nitrogens with one attached hydrogen (secondary N) is 1. The van der Waals surface area contributed by atoms with E-state index < -0.39 is 0 Å². The van der Waals surface area contributed by atoms with Gasteiger partial charge in [0.2, 0.25) is 5.91 Å². The van der Waals surface area contributed by atoms with Gasteiger partial charge in [-0.25, -0.2) is 0 Å². The Labute approximate surface area is 139 Å². The lowest BCUT2D eigenvalue weighted by molar-refractivity contribution is -0.138. The van der Waals surface area contributed by atoms with Crippen LogP contribution in [0.5, 0.6) is 5.75 Å². The van der Waals surface area contributed by atoms with E-state index in [0.29, 0.717) is 26.3 Å². The van der Waals surface area contributed by atoms with Crippen LogP contribution in [0.3, 0.4) is 0 Å². The molecule has 128 valence electrons. The Morgan fingerprint density at radius 2 is 1.87 bits per heavy atom. The number of ether oxygens (including phenoxy) is 2. The van der Waals surface area contributed by atoms with Crippen LogP contribution >= 0.6 is 0 Å². The maximum absolute atomic E-state index is 12.8. The highest BCUT2D eigenvalue weighted by Gasteiger charge is 2.29. The van der Waals surface area contributed by atoms with Crippen molar-refractivity contribution in [3.05, 3.63) is 29.8 Å². The van der Waals surface area contributed by atoms with E-state index in [1.807, 2.05) is 29.2 Å². The van der Waals surface area contributed by atoms with Crippen molar-refractivity contribution in [2.45, 2.75) is 32.9 Å². The minimum Gasteiger partial charge on any atom is -0.496 e. The summed E-state index contributed by atoms with van der Waals surface area (Å²) in [6.45, 7) is 8.81. The highest BCUT2D eigenvalue weighted by atomic mass is 16.5. The zero-order chi connectivity index (χ0) is 16.8.